The predicted octanol–water partition coefficient (Wildman–Crippen LogP) is 2.62. The van der Waals surface area contributed by atoms with Gasteiger partial charge in [-0.1, -0.05) is 30.3 Å². The Bertz CT molecular complexity index is 565. The molecular formula is C14H12N2O2. The number of carbonyl (C=O) groups is 1. The molecule has 1 aromatic heterocycles. The third kappa shape index (κ3) is 2.79. The standard InChI is InChI=1S/C14H12N2O2/c1-18-14(17)12-7-8-15-10-13(12)16-9-11-5-3-2-4-6-11/h2-10H,1H3. The van der Waals surface area contributed by atoms with Gasteiger partial charge in [-0.15, -0.1) is 0 Å². The van der Waals surface area contributed by atoms with Crippen LogP contribution in [-0.2, 0) is 4.74 Å². The fourth-order valence-electron chi connectivity index (χ4n) is 1.45. The van der Waals surface area contributed by atoms with E-state index in [1.165, 1.54) is 19.5 Å². The quantitative estimate of drug-likeness (QED) is 0.612. The lowest BCUT2D eigenvalue weighted by Gasteiger charge is -2.02. The van der Waals surface area contributed by atoms with Crippen LogP contribution in [0.3, 0.4) is 0 Å². The van der Waals surface area contributed by atoms with Crippen LogP contribution in [0.2, 0.25) is 0 Å². The summed E-state index contributed by atoms with van der Waals surface area (Å²) >= 11 is 0. The van der Waals surface area contributed by atoms with Crippen LogP contribution in [0.25, 0.3) is 0 Å². The molecule has 4 nitrogen and oxygen atoms in total. The second kappa shape index (κ2) is 5.72. The van der Waals surface area contributed by atoms with E-state index in [0.29, 0.717) is 11.3 Å². The van der Waals surface area contributed by atoms with Gasteiger partial charge in [-0.3, -0.25) is 9.98 Å². The first-order chi connectivity index (χ1) is 8.81. The highest BCUT2D eigenvalue weighted by Crippen LogP contribution is 2.17. The summed E-state index contributed by atoms with van der Waals surface area (Å²) in [6, 6.07) is 11.2. The number of nitrogens with zero attached hydrogens (tertiary/aromatic N) is 2. The smallest absolute Gasteiger partial charge is 0.340 e. The van der Waals surface area contributed by atoms with Crippen molar-refractivity contribution in [3.63, 3.8) is 0 Å². The first-order valence-corrected chi connectivity index (χ1v) is 5.42. The molecule has 0 amide bonds. The topological polar surface area (TPSA) is 51.5 Å². The van der Waals surface area contributed by atoms with Crippen LogP contribution < -0.4 is 0 Å². The average Bonchev–Trinajstić information content (AvgIpc) is 2.45. The normalized spacial score (nSPS) is 10.5. The molecule has 0 fully saturated rings. The van der Waals surface area contributed by atoms with Crippen LogP contribution in [0.1, 0.15) is 15.9 Å². The Morgan fingerprint density at radius 3 is 2.78 bits per heavy atom. The number of hydrogen-bond acceptors (Lipinski definition) is 4. The molecule has 0 aliphatic rings. The Morgan fingerprint density at radius 1 is 1.28 bits per heavy atom. The van der Waals surface area contributed by atoms with Gasteiger partial charge in [0.1, 0.15) is 0 Å². The number of hydrogen-bond donors (Lipinski definition) is 0. The van der Waals surface area contributed by atoms with E-state index in [0.717, 1.165) is 5.56 Å². The van der Waals surface area contributed by atoms with Crippen LogP contribution in [0.15, 0.2) is 53.8 Å². The number of esters is 1. The Balaban J connectivity index is 2.29. The molecule has 90 valence electrons. The second-order valence-electron chi connectivity index (χ2n) is 3.55. The number of rotatable bonds is 3. The molecule has 0 spiro atoms. The van der Waals surface area contributed by atoms with Gasteiger partial charge in [-0.05, 0) is 11.6 Å². The average molecular weight is 240 g/mol. The zero-order chi connectivity index (χ0) is 12.8. The van der Waals surface area contributed by atoms with Gasteiger partial charge >= 0.3 is 5.97 Å². The van der Waals surface area contributed by atoms with Crippen LogP contribution in [0.4, 0.5) is 5.69 Å². The molecular weight excluding hydrogens is 228 g/mol. The van der Waals surface area contributed by atoms with Gasteiger partial charge in [-0.2, -0.15) is 0 Å². The summed E-state index contributed by atoms with van der Waals surface area (Å²) in [5.41, 5.74) is 1.85. The van der Waals surface area contributed by atoms with Gasteiger partial charge in [0.05, 0.1) is 24.6 Å². The van der Waals surface area contributed by atoms with Crippen molar-refractivity contribution in [1.29, 1.82) is 0 Å². The van der Waals surface area contributed by atoms with E-state index in [9.17, 15) is 4.79 Å². The van der Waals surface area contributed by atoms with Crippen LogP contribution in [0.5, 0.6) is 0 Å². The zero-order valence-corrected chi connectivity index (χ0v) is 9.91. The van der Waals surface area contributed by atoms with Crippen LogP contribution in [0, 0.1) is 0 Å². The van der Waals surface area contributed by atoms with E-state index in [1.54, 1.807) is 12.3 Å². The maximum Gasteiger partial charge on any atom is 0.340 e. The van der Waals surface area contributed by atoms with Crippen LogP contribution in [-0.4, -0.2) is 24.3 Å². The summed E-state index contributed by atoms with van der Waals surface area (Å²) in [6.45, 7) is 0. The third-order valence-electron chi connectivity index (χ3n) is 2.36. The van der Waals surface area contributed by atoms with Gasteiger partial charge < -0.3 is 4.74 Å². The number of aromatic nitrogens is 1. The summed E-state index contributed by atoms with van der Waals surface area (Å²) in [5, 5.41) is 0. The molecule has 0 saturated carbocycles. The number of ether oxygens (including phenoxy) is 1. The van der Waals surface area contributed by atoms with E-state index >= 15 is 0 Å². The van der Waals surface area contributed by atoms with Gasteiger partial charge in [0.15, 0.2) is 0 Å². The molecule has 0 aliphatic heterocycles. The van der Waals surface area contributed by atoms with Crippen molar-refractivity contribution in [2.45, 2.75) is 0 Å². The summed E-state index contributed by atoms with van der Waals surface area (Å²) in [6.07, 6.45) is 4.75. The molecule has 2 aromatic rings. The number of benzene rings is 1. The van der Waals surface area contributed by atoms with Crippen molar-refractivity contribution in [3.8, 4) is 0 Å². The highest BCUT2D eigenvalue weighted by atomic mass is 16.5. The molecule has 0 unspecified atom stereocenters. The maximum atomic E-state index is 11.5. The lowest BCUT2D eigenvalue weighted by molar-refractivity contribution is 0.0601. The van der Waals surface area contributed by atoms with E-state index in [2.05, 4.69) is 14.7 Å². The molecule has 0 atom stereocenters. The van der Waals surface area contributed by atoms with Crippen LogP contribution >= 0.6 is 0 Å². The molecule has 0 bridgehead atoms. The first kappa shape index (κ1) is 12.0. The fourth-order valence-corrected chi connectivity index (χ4v) is 1.45. The molecule has 4 heteroatoms. The monoisotopic (exact) mass is 240 g/mol. The maximum absolute atomic E-state index is 11.5. The summed E-state index contributed by atoms with van der Waals surface area (Å²) in [4.78, 5) is 19.7. The van der Waals surface area contributed by atoms with Gasteiger partial charge in [-0.25, -0.2) is 4.79 Å². The Labute approximate surface area is 105 Å². The predicted molar refractivity (Wildman–Crippen MR) is 69.3 cm³/mol. The summed E-state index contributed by atoms with van der Waals surface area (Å²) in [5.74, 6) is -0.419. The fraction of sp³-hybridized carbons (Fsp3) is 0.0714. The third-order valence-corrected chi connectivity index (χ3v) is 2.36. The van der Waals surface area contributed by atoms with Crippen molar-refractivity contribution < 1.29 is 9.53 Å². The Kier molecular flexibility index (Phi) is 3.81. The van der Waals surface area contributed by atoms with E-state index in [4.69, 9.17) is 0 Å². The minimum absolute atomic E-state index is 0.402. The Hall–Kier alpha value is -2.49. The van der Waals surface area contributed by atoms with Gasteiger partial charge in [0.25, 0.3) is 0 Å². The largest absolute Gasteiger partial charge is 0.465 e. The molecule has 0 aliphatic carbocycles. The lowest BCUT2D eigenvalue weighted by atomic mass is 10.2. The van der Waals surface area contributed by atoms with Crippen molar-refractivity contribution in [2.24, 2.45) is 4.99 Å². The van der Waals surface area contributed by atoms with E-state index in [-0.39, 0.29) is 0 Å². The number of aliphatic imine (C=N–C) groups is 1. The summed E-state index contributed by atoms with van der Waals surface area (Å²) < 4.78 is 4.69. The highest BCUT2D eigenvalue weighted by Gasteiger charge is 2.09. The second-order valence-corrected chi connectivity index (χ2v) is 3.55. The number of pyridine rings is 1. The molecule has 0 N–H and O–H groups in total. The van der Waals surface area contributed by atoms with E-state index in [1.807, 2.05) is 30.3 Å². The molecule has 18 heavy (non-hydrogen) atoms. The van der Waals surface area contributed by atoms with Crippen molar-refractivity contribution in [3.05, 3.63) is 59.9 Å². The van der Waals surface area contributed by atoms with Crippen molar-refractivity contribution >= 4 is 17.9 Å². The summed E-state index contributed by atoms with van der Waals surface area (Å²) in [7, 11) is 1.34. The van der Waals surface area contributed by atoms with E-state index < -0.39 is 5.97 Å². The number of methoxy groups -OCH3 is 1. The van der Waals surface area contributed by atoms with Crippen molar-refractivity contribution in [2.75, 3.05) is 7.11 Å². The highest BCUT2D eigenvalue weighted by molar-refractivity contribution is 5.95. The first-order valence-electron chi connectivity index (χ1n) is 5.42. The molecule has 1 aromatic carbocycles. The minimum Gasteiger partial charge on any atom is -0.465 e. The Morgan fingerprint density at radius 2 is 2.06 bits per heavy atom. The number of carbonyl (C=O) groups excluding carboxylic acids is 1. The van der Waals surface area contributed by atoms with Gasteiger partial charge in [0, 0.05) is 12.4 Å². The SMILES string of the molecule is COC(=O)c1ccncc1N=Cc1ccccc1. The molecule has 1 heterocycles. The molecule has 2 rings (SSSR count). The molecule has 0 saturated heterocycles. The van der Waals surface area contributed by atoms with Gasteiger partial charge in [0.2, 0.25) is 0 Å². The lowest BCUT2D eigenvalue weighted by Crippen LogP contribution is -2.01. The zero-order valence-electron chi connectivity index (χ0n) is 9.91. The minimum atomic E-state index is -0.419. The molecule has 0 radical (unpaired) electrons. The van der Waals surface area contributed by atoms with Crippen molar-refractivity contribution in [1.82, 2.24) is 4.98 Å².